The van der Waals surface area contributed by atoms with Crippen LogP contribution >= 0.6 is 0 Å². The van der Waals surface area contributed by atoms with E-state index < -0.39 is 28.1 Å². The van der Waals surface area contributed by atoms with Crippen LogP contribution in [0.15, 0.2) is 0 Å². The lowest BCUT2D eigenvalue weighted by Gasteiger charge is -2.34. The molecule has 108 valence electrons. The smallest absolute Gasteiger partial charge is 0.318 e. The van der Waals surface area contributed by atoms with Gasteiger partial charge in [0.15, 0.2) is 0 Å². The van der Waals surface area contributed by atoms with Crippen molar-refractivity contribution in [3.8, 4) is 0 Å². The lowest BCUT2D eigenvalue weighted by Crippen LogP contribution is -2.49. The molecular formula is C12H25NO4S. The zero-order valence-electron chi connectivity index (χ0n) is 12.1. The van der Waals surface area contributed by atoms with Crippen molar-refractivity contribution in [2.24, 2.45) is 5.41 Å². The molecule has 0 bridgehead atoms. The van der Waals surface area contributed by atoms with E-state index in [9.17, 15) is 13.2 Å². The van der Waals surface area contributed by atoms with Crippen LogP contribution in [0.25, 0.3) is 0 Å². The number of carbonyl (C=O) groups is 1. The van der Waals surface area contributed by atoms with Crippen LogP contribution in [0.2, 0.25) is 0 Å². The Balaban J connectivity index is 5.05. The van der Waals surface area contributed by atoms with Gasteiger partial charge < -0.3 is 5.11 Å². The molecule has 0 unspecified atom stereocenters. The summed E-state index contributed by atoms with van der Waals surface area (Å²) in [7, 11) is -3.56. The van der Waals surface area contributed by atoms with Crippen LogP contribution in [0.1, 0.15) is 48.0 Å². The van der Waals surface area contributed by atoms with Gasteiger partial charge in [0.25, 0.3) is 0 Å². The summed E-state index contributed by atoms with van der Waals surface area (Å²) in [6.07, 6.45) is 0.502. The molecule has 0 aromatic carbocycles. The van der Waals surface area contributed by atoms with Gasteiger partial charge in [-0.25, -0.2) is 8.42 Å². The number of hydrogen-bond acceptors (Lipinski definition) is 3. The Kier molecular flexibility index (Phi) is 5.38. The largest absolute Gasteiger partial charge is 0.480 e. The molecule has 0 fully saturated rings. The molecule has 0 heterocycles. The first-order valence-electron chi connectivity index (χ1n) is 5.98. The molecule has 0 spiro atoms. The first-order valence-corrected chi connectivity index (χ1v) is 7.59. The normalized spacial score (nSPS) is 13.9. The molecule has 0 aliphatic heterocycles. The third-order valence-electron chi connectivity index (χ3n) is 2.47. The first-order chi connectivity index (χ1) is 7.76. The van der Waals surface area contributed by atoms with E-state index in [4.69, 9.17) is 5.11 Å². The van der Waals surface area contributed by atoms with Gasteiger partial charge in [0.05, 0.1) is 5.75 Å². The van der Waals surface area contributed by atoms with E-state index >= 15 is 0 Å². The SMILES string of the molecule is CC(C)(C)CCS(=O)(=O)N(CC(=O)O)C(C)(C)C. The van der Waals surface area contributed by atoms with Crippen molar-refractivity contribution in [1.29, 1.82) is 0 Å². The van der Waals surface area contributed by atoms with Crippen molar-refractivity contribution in [1.82, 2.24) is 4.31 Å². The van der Waals surface area contributed by atoms with E-state index in [0.717, 1.165) is 4.31 Å². The molecule has 0 aliphatic carbocycles. The predicted octanol–water partition coefficient (Wildman–Crippen LogP) is 1.94. The van der Waals surface area contributed by atoms with E-state index in [1.54, 1.807) is 20.8 Å². The molecule has 0 radical (unpaired) electrons. The second-order valence-electron chi connectivity index (χ2n) is 6.70. The minimum atomic E-state index is -3.56. The molecule has 0 aliphatic rings. The summed E-state index contributed by atoms with van der Waals surface area (Å²) in [6, 6.07) is 0. The van der Waals surface area contributed by atoms with Crippen LogP contribution in [-0.2, 0) is 14.8 Å². The summed E-state index contributed by atoms with van der Waals surface area (Å²) in [6.45, 7) is 10.5. The van der Waals surface area contributed by atoms with Gasteiger partial charge in [-0.05, 0) is 32.6 Å². The van der Waals surface area contributed by atoms with Gasteiger partial charge >= 0.3 is 5.97 Å². The third kappa shape index (κ3) is 6.35. The fraction of sp³-hybridized carbons (Fsp3) is 0.917. The number of carboxylic acid groups (broad SMARTS) is 1. The highest BCUT2D eigenvalue weighted by molar-refractivity contribution is 7.89. The van der Waals surface area contributed by atoms with E-state index in [-0.39, 0.29) is 11.2 Å². The molecule has 0 saturated carbocycles. The van der Waals surface area contributed by atoms with Crippen LogP contribution in [0, 0.1) is 5.41 Å². The Bertz CT molecular complexity index is 387. The molecule has 6 heteroatoms. The highest BCUT2D eigenvalue weighted by atomic mass is 32.2. The maximum absolute atomic E-state index is 12.2. The second-order valence-corrected chi connectivity index (χ2v) is 8.71. The maximum atomic E-state index is 12.2. The number of hydrogen-bond donors (Lipinski definition) is 1. The van der Waals surface area contributed by atoms with Gasteiger partial charge in [0.1, 0.15) is 6.54 Å². The van der Waals surface area contributed by atoms with Gasteiger partial charge in [-0.1, -0.05) is 20.8 Å². The van der Waals surface area contributed by atoms with E-state index in [2.05, 4.69) is 0 Å². The zero-order valence-corrected chi connectivity index (χ0v) is 13.0. The Labute approximate surface area is 110 Å². The van der Waals surface area contributed by atoms with Crippen molar-refractivity contribution >= 4 is 16.0 Å². The Morgan fingerprint density at radius 3 is 1.83 bits per heavy atom. The van der Waals surface area contributed by atoms with E-state index in [1.165, 1.54) is 0 Å². The molecule has 5 nitrogen and oxygen atoms in total. The van der Waals surface area contributed by atoms with Crippen LogP contribution in [0.3, 0.4) is 0 Å². The molecule has 1 N–H and O–H groups in total. The number of aliphatic carboxylic acids is 1. The topological polar surface area (TPSA) is 74.7 Å². The van der Waals surface area contributed by atoms with E-state index in [1.807, 2.05) is 20.8 Å². The van der Waals surface area contributed by atoms with E-state index in [0.29, 0.717) is 6.42 Å². The van der Waals surface area contributed by atoms with Crippen LogP contribution in [-0.4, -0.2) is 41.6 Å². The summed E-state index contributed by atoms with van der Waals surface area (Å²) in [4.78, 5) is 10.8. The standard InChI is InChI=1S/C12H25NO4S/c1-11(2,3)7-8-18(16,17)13(9-10(14)15)12(4,5)6/h7-9H2,1-6H3,(H,14,15). The number of nitrogens with zero attached hydrogens (tertiary/aromatic N) is 1. The monoisotopic (exact) mass is 279 g/mol. The molecule has 0 aromatic rings. The first kappa shape index (κ1) is 17.4. The number of sulfonamides is 1. The maximum Gasteiger partial charge on any atom is 0.318 e. The molecular weight excluding hydrogens is 254 g/mol. The molecule has 0 rings (SSSR count). The van der Waals surface area contributed by atoms with Crippen molar-refractivity contribution in [3.05, 3.63) is 0 Å². The molecule has 0 aromatic heterocycles. The van der Waals surface area contributed by atoms with Crippen molar-refractivity contribution < 1.29 is 18.3 Å². The Hall–Kier alpha value is -0.620. The molecule has 18 heavy (non-hydrogen) atoms. The van der Waals surface area contributed by atoms with Crippen molar-refractivity contribution in [3.63, 3.8) is 0 Å². The van der Waals surface area contributed by atoms with Gasteiger partial charge in [-0.2, -0.15) is 4.31 Å². The molecule has 0 saturated heterocycles. The summed E-state index contributed by atoms with van der Waals surface area (Å²) < 4.78 is 25.5. The lowest BCUT2D eigenvalue weighted by molar-refractivity contribution is -0.138. The van der Waals surface area contributed by atoms with Crippen LogP contribution in [0.4, 0.5) is 0 Å². The summed E-state index contributed by atoms with van der Waals surface area (Å²) in [5.41, 5.74) is -0.824. The Morgan fingerprint density at radius 1 is 1.11 bits per heavy atom. The quantitative estimate of drug-likeness (QED) is 0.834. The molecule has 0 amide bonds. The highest BCUT2D eigenvalue weighted by Crippen LogP contribution is 2.24. The summed E-state index contributed by atoms with van der Waals surface area (Å²) in [5, 5.41) is 8.83. The van der Waals surface area contributed by atoms with Crippen LogP contribution in [0.5, 0.6) is 0 Å². The third-order valence-corrected chi connectivity index (χ3v) is 4.54. The fourth-order valence-electron chi connectivity index (χ4n) is 1.42. The summed E-state index contributed by atoms with van der Waals surface area (Å²) >= 11 is 0. The van der Waals surface area contributed by atoms with Crippen LogP contribution < -0.4 is 0 Å². The van der Waals surface area contributed by atoms with Crippen molar-refractivity contribution in [2.45, 2.75) is 53.5 Å². The van der Waals surface area contributed by atoms with Crippen molar-refractivity contribution in [2.75, 3.05) is 12.3 Å². The average molecular weight is 279 g/mol. The minimum absolute atomic E-state index is 0.0267. The predicted molar refractivity (Wildman–Crippen MR) is 72.0 cm³/mol. The van der Waals surface area contributed by atoms with Gasteiger partial charge in [-0.3, -0.25) is 4.79 Å². The molecule has 0 atom stereocenters. The second kappa shape index (κ2) is 5.57. The lowest BCUT2D eigenvalue weighted by atomic mass is 9.94. The summed E-state index contributed by atoms with van der Waals surface area (Å²) in [5.74, 6) is -1.16. The number of carboxylic acids is 1. The minimum Gasteiger partial charge on any atom is -0.480 e. The fourth-order valence-corrected chi connectivity index (χ4v) is 3.65. The number of rotatable bonds is 5. The highest BCUT2D eigenvalue weighted by Gasteiger charge is 2.34. The average Bonchev–Trinajstić information content (AvgIpc) is 2.08. The Morgan fingerprint density at radius 2 is 1.56 bits per heavy atom. The van der Waals surface area contributed by atoms with Gasteiger partial charge in [-0.15, -0.1) is 0 Å². The van der Waals surface area contributed by atoms with Gasteiger partial charge in [0, 0.05) is 5.54 Å². The zero-order chi connectivity index (χ0) is 14.8. The van der Waals surface area contributed by atoms with Gasteiger partial charge in [0.2, 0.25) is 10.0 Å².